The summed E-state index contributed by atoms with van der Waals surface area (Å²) in [6.07, 6.45) is 2.18. The van der Waals surface area contributed by atoms with Gasteiger partial charge in [0.05, 0.1) is 5.54 Å². The highest BCUT2D eigenvalue weighted by molar-refractivity contribution is 5.86. The Kier molecular flexibility index (Phi) is 4.12. The number of nitrogens with zero attached hydrogens (tertiary/aromatic N) is 1. The standard InChI is InChI=1S/C16H23N3O2/c17-16(7-10-21-11-8-16)15(20)18-13-6-9-19(12-13)14-4-2-1-3-5-14/h1-5,13H,6-12,17H2,(H,18,20). The summed E-state index contributed by atoms with van der Waals surface area (Å²) >= 11 is 0. The number of carbonyl (C=O) groups excluding carboxylic acids is 1. The van der Waals surface area contributed by atoms with E-state index in [2.05, 4.69) is 22.3 Å². The van der Waals surface area contributed by atoms with Gasteiger partial charge < -0.3 is 20.7 Å². The average Bonchev–Trinajstić information content (AvgIpc) is 2.97. The van der Waals surface area contributed by atoms with Crippen molar-refractivity contribution in [1.82, 2.24) is 5.32 Å². The third kappa shape index (κ3) is 3.19. The first kappa shape index (κ1) is 14.4. The van der Waals surface area contributed by atoms with Crippen molar-refractivity contribution in [1.29, 1.82) is 0 Å². The predicted octanol–water partition coefficient (Wildman–Crippen LogP) is 0.889. The van der Waals surface area contributed by atoms with Gasteiger partial charge in [0, 0.05) is 38.0 Å². The number of amides is 1. The molecule has 2 aliphatic heterocycles. The fourth-order valence-electron chi connectivity index (χ4n) is 3.04. The van der Waals surface area contributed by atoms with Crippen molar-refractivity contribution in [3.63, 3.8) is 0 Å². The van der Waals surface area contributed by atoms with Gasteiger partial charge in [0.25, 0.3) is 0 Å². The molecule has 0 saturated carbocycles. The molecule has 2 heterocycles. The quantitative estimate of drug-likeness (QED) is 0.867. The number of hydrogen-bond acceptors (Lipinski definition) is 4. The third-order valence-electron chi connectivity index (χ3n) is 4.48. The molecular formula is C16H23N3O2. The molecule has 1 aromatic carbocycles. The van der Waals surface area contributed by atoms with E-state index in [1.807, 2.05) is 18.2 Å². The van der Waals surface area contributed by atoms with Gasteiger partial charge >= 0.3 is 0 Å². The predicted molar refractivity (Wildman–Crippen MR) is 82.2 cm³/mol. The van der Waals surface area contributed by atoms with Gasteiger partial charge in [-0.15, -0.1) is 0 Å². The molecular weight excluding hydrogens is 266 g/mol. The number of nitrogens with two attached hydrogens (primary N) is 1. The summed E-state index contributed by atoms with van der Waals surface area (Å²) in [6, 6.07) is 10.5. The van der Waals surface area contributed by atoms with Gasteiger partial charge in [-0.25, -0.2) is 0 Å². The van der Waals surface area contributed by atoms with Crippen LogP contribution in [0.15, 0.2) is 30.3 Å². The Bertz CT molecular complexity index is 486. The lowest BCUT2D eigenvalue weighted by molar-refractivity contribution is -0.130. The monoisotopic (exact) mass is 289 g/mol. The SMILES string of the molecule is NC1(C(=O)NC2CCN(c3ccccc3)C2)CCOCC1. The van der Waals surface area contributed by atoms with Crippen LogP contribution in [0.4, 0.5) is 5.69 Å². The summed E-state index contributed by atoms with van der Waals surface area (Å²) < 4.78 is 5.29. The number of anilines is 1. The number of nitrogens with one attached hydrogen (secondary N) is 1. The number of hydrogen-bond donors (Lipinski definition) is 2. The summed E-state index contributed by atoms with van der Waals surface area (Å²) in [5.41, 5.74) is 6.68. The molecule has 5 heteroatoms. The molecule has 0 radical (unpaired) electrons. The van der Waals surface area contributed by atoms with Crippen LogP contribution in [0.2, 0.25) is 0 Å². The molecule has 2 aliphatic rings. The number of para-hydroxylation sites is 1. The average molecular weight is 289 g/mol. The van der Waals surface area contributed by atoms with E-state index in [9.17, 15) is 4.79 Å². The highest BCUT2D eigenvalue weighted by Crippen LogP contribution is 2.22. The molecule has 1 aromatic rings. The van der Waals surface area contributed by atoms with Crippen LogP contribution in [0.25, 0.3) is 0 Å². The van der Waals surface area contributed by atoms with Crippen molar-refractivity contribution in [2.75, 3.05) is 31.2 Å². The highest BCUT2D eigenvalue weighted by atomic mass is 16.5. The fraction of sp³-hybridized carbons (Fsp3) is 0.562. The van der Waals surface area contributed by atoms with Crippen molar-refractivity contribution in [2.45, 2.75) is 30.8 Å². The zero-order valence-electron chi connectivity index (χ0n) is 12.3. The molecule has 0 spiro atoms. The highest BCUT2D eigenvalue weighted by Gasteiger charge is 2.37. The zero-order valence-corrected chi connectivity index (χ0v) is 12.3. The molecule has 5 nitrogen and oxygen atoms in total. The van der Waals surface area contributed by atoms with Crippen LogP contribution >= 0.6 is 0 Å². The van der Waals surface area contributed by atoms with Gasteiger partial charge in [0.1, 0.15) is 0 Å². The lowest BCUT2D eigenvalue weighted by Crippen LogP contribution is -2.59. The van der Waals surface area contributed by atoms with Crippen molar-refractivity contribution in [2.24, 2.45) is 5.73 Å². The first-order valence-electron chi connectivity index (χ1n) is 7.65. The topological polar surface area (TPSA) is 67.6 Å². The zero-order chi connectivity index (χ0) is 14.7. The van der Waals surface area contributed by atoms with Crippen LogP contribution in [-0.2, 0) is 9.53 Å². The minimum absolute atomic E-state index is 0.0225. The van der Waals surface area contributed by atoms with Crippen LogP contribution in [0.5, 0.6) is 0 Å². The van der Waals surface area contributed by atoms with Crippen molar-refractivity contribution in [3.8, 4) is 0 Å². The van der Waals surface area contributed by atoms with E-state index in [-0.39, 0.29) is 11.9 Å². The Morgan fingerprint density at radius 2 is 2.00 bits per heavy atom. The van der Waals surface area contributed by atoms with Crippen molar-refractivity contribution < 1.29 is 9.53 Å². The largest absolute Gasteiger partial charge is 0.381 e. The van der Waals surface area contributed by atoms with Crippen molar-refractivity contribution >= 4 is 11.6 Å². The number of benzene rings is 1. The molecule has 2 saturated heterocycles. The molecule has 3 rings (SSSR count). The lowest BCUT2D eigenvalue weighted by Gasteiger charge is -2.33. The van der Waals surface area contributed by atoms with E-state index in [1.54, 1.807) is 0 Å². The van der Waals surface area contributed by atoms with Crippen LogP contribution in [0.3, 0.4) is 0 Å². The molecule has 3 N–H and O–H groups in total. The fourth-order valence-corrected chi connectivity index (χ4v) is 3.04. The Morgan fingerprint density at radius 1 is 1.29 bits per heavy atom. The van der Waals surface area contributed by atoms with E-state index >= 15 is 0 Å². The Morgan fingerprint density at radius 3 is 2.71 bits per heavy atom. The summed E-state index contributed by atoms with van der Waals surface area (Å²) in [5, 5.41) is 3.13. The van der Waals surface area contributed by atoms with Crippen LogP contribution < -0.4 is 16.0 Å². The van der Waals surface area contributed by atoms with Crippen LogP contribution in [-0.4, -0.2) is 43.8 Å². The first-order valence-corrected chi connectivity index (χ1v) is 7.65. The Balaban J connectivity index is 1.56. The Labute approximate surface area is 125 Å². The number of carbonyl (C=O) groups is 1. The normalized spacial score (nSPS) is 24.8. The molecule has 21 heavy (non-hydrogen) atoms. The maximum absolute atomic E-state index is 12.4. The molecule has 114 valence electrons. The van der Waals surface area contributed by atoms with E-state index in [4.69, 9.17) is 10.5 Å². The van der Waals surface area contributed by atoms with E-state index in [0.717, 1.165) is 19.5 Å². The lowest BCUT2D eigenvalue weighted by atomic mass is 9.90. The summed E-state index contributed by atoms with van der Waals surface area (Å²) in [6.45, 7) is 2.97. The summed E-state index contributed by atoms with van der Waals surface area (Å²) in [4.78, 5) is 14.7. The minimum atomic E-state index is -0.752. The van der Waals surface area contributed by atoms with E-state index in [0.29, 0.717) is 26.1 Å². The molecule has 2 fully saturated rings. The molecule has 1 atom stereocenters. The second-order valence-corrected chi connectivity index (χ2v) is 6.01. The van der Waals surface area contributed by atoms with Crippen LogP contribution in [0, 0.1) is 0 Å². The third-order valence-corrected chi connectivity index (χ3v) is 4.48. The van der Waals surface area contributed by atoms with Gasteiger partial charge in [0.15, 0.2) is 0 Å². The van der Waals surface area contributed by atoms with Crippen molar-refractivity contribution in [3.05, 3.63) is 30.3 Å². The van der Waals surface area contributed by atoms with Gasteiger partial charge in [-0.05, 0) is 31.4 Å². The summed E-state index contributed by atoms with van der Waals surface area (Å²) in [5.74, 6) is -0.0225. The number of rotatable bonds is 3. The second kappa shape index (κ2) is 6.03. The summed E-state index contributed by atoms with van der Waals surface area (Å²) in [7, 11) is 0. The van der Waals surface area contributed by atoms with Gasteiger partial charge in [0.2, 0.25) is 5.91 Å². The van der Waals surface area contributed by atoms with Gasteiger partial charge in [-0.3, -0.25) is 4.79 Å². The van der Waals surface area contributed by atoms with Gasteiger partial charge in [-0.2, -0.15) is 0 Å². The molecule has 0 bridgehead atoms. The number of ether oxygens (including phenoxy) is 1. The maximum Gasteiger partial charge on any atom is 0.240 e. The minimum Gasteiger partial charge on any atom is -0.381 e. The first-order chi connectivity index (χ1) is 10.2. The molecule has 0 aliphatic carbocycles. The van der Waals surface area contributed by atoms with Crippen LogP contribution in [0.1, 0.15) is 19.3 Å². The van der Waals surface area contributed by atoms with Gasteiger partial charge in [-0.1, -0.05) is 18.2 Å². The molecule has 0 aromatic heterocycles. The second-order valence-electron chi connectivity index (χ2n) is 6.01. The van der Waals surface area contributed by atoms with E-state index < -0.39 is 5.54 Å². The molecule has 1 amide bonds. The van der Waals surface area contributed by atoms with E-state index in [1.165, 1.54) is 5.69 Å². The smallest absolute Gasteiger partial charge is 0.240 e. The molecule has 1 unspecified atom stereocenters. The Hall–Kier alpha value is -1.59. The maximum atomic E-state index is 12.4.